The topological polar surface area (TPSA) is 68.2 Å². The summed E-state index contributed by atoms with van der Waals surface area (Å²) in [7, 11) is 0. The number of fused-ring (bicyclic) bond motifs is 1. The van der Waals surface area contributed by atoms with Crippen LogP contribution in [0.5, 0.6) is 0 Å². The standard InChI is InChI=1S/C17H19Cl2N5S/c18-15-11(7-12(20)6-10-3-4-10)8-14-16(22-17(19)23-24(14)15)21-9-13-2-1-5-25-13/h1-2,5,8,10,12H,3-4,6-7,9,20H2,(H,21,22,23). The number of nitrogens with one attached hydrogen (secondary N) is 1. The van der Waals surface area contributed by atoms with E-state index in [1.807, 2.05) is 17.5 Å². The zero-order valence-corrected chi connectivity index (χ0v) is 15.9. The number of hydrogen-bond donors (Lipinski definition) is 2. The predicted molar refractivity (Wildman–Crippen MR) is 104 cm³/mol. The van der Waals surface area contributed by atoms with E-state index in [1.54, 1.807) is 15.9 Å². The highest BCUT2D eigenvalue weighted by Crippen LogP contribution is 2.34. The Hall–Kier alpha value is -1.34. The third-order valence-corrected chi connectivity index (χ3v) is 5.88. The average Bonchev–Trinajstić information content (AvgIpc) is 3.13. The van der Waals surface area contributed by atoms with Gasteiger partial charge in [0.15, 0.2) is 5.82 Å². The molecule has 1 aliphatic carbocycles. The van der Waals surface area contributed by atoms with Crippen molar-refractivity contribution >= 4 is 45.9 Å². The fourth-order valence-electron chi connectivity index (χ4n) is 3.05. The Morgan fingerprint density at radius 2 is 2.24 bits per heavy atom. The van der Waals surface area contributed by atoms with Gasteiger partial charge in [0.2, 0.25) is 5.28 Å². The van der Waals surface area contributed by atoms with E-state index in [0.29, 0.717) is 17.5 Å². The van der Waals surface area contributed by atoms with Gasteiger partial charge < -0.3 is 11.1 Å². The van der Waals surface area contributed by atoms with Gasteiger partial charge in [0.05, 0.1) is 6.54 Å². The molecular weight excluding hydrogens is 377 g/mol. The van der Waals surface area contributed by atoms with Gasteiger partial charge in [0, 0.05) is 10.9 Å². The van der Waals surface area contributed by atoms with Crippen LogP contribution in [0.2, 0.25) is 10.4 Å². The number of rotatable bonds is 7. The minimum absolute atomic E-state index is 0.119. The fourth-order valence-corrected chi connectivity index (χ4v) is 4.12. The Kier molecular flexibility index (Phi) is 4.86. The maximum atomic E-state index is 6.53. The second kappa shape index (κ2) is 7.11. The Labute approximate surface area is 160 Å². The predicted octanol–water partition coefficient (Wildman–Crippen LogP) is 4.38. The molecular formula is C17H19Cl2N5S. The van der Waals surface area contributed by atoms with Crippen molar-refractivity contribution in [2.45, 2.75) is 38.3 Å². The molecule has 1 atom stereocenters. The van der Waals surface area contributed by atoms with Crippen molar-refractivity contribution in [3.8, 4) is 0 Å². The summed E-state index contributed by atoms with van der Waals surface area (Å²) in [4.78, 5) is 5.55. The Balaban J connectivity index is 1.60. The molecule has 25 heavy (non-hydrogen) atoms. The lowest BCUT2D eigenvalue weighted by molar-refractivity contribution is 0.566. The Bertz CT molecular complexity index is 873. The van der Waals surface area contributed by atoms with Crippen molar-refractivity contribution in [1.82, 2.24) is 14.6 Å². The number of thiophene rings is 1. The summed E-state index contributed by atoms with van der Waals surface area (Å²) >= 11 is 14.3. The highest BCUT2D eigenvalue weighted by atomic mass is 35.5. The Morgan fingerprint density at radius 3 is 2.96 bits per heavy atom. The second-order valence-electron chi connectivity index (χ2n) is 6.56. The zero-order chi connectivity index (χ0) is 17.4. The van der Waals surface area contributed by atoms with Crippen molar-refractivity contribution in [1.29, 1.82) is 0 Å². The maximum Gasteiger partial charge on any atom is 0.243 e. The van der Waals surface area contributed by atoms with E-state index < -0.39 is 0 Å². The van der Waals surface area contributed by atoms with Gasteiger partial charge in [-0.25, -0.2) is 4.52 Å². The summed E-state index contributed by atoms with van der Waals surface area (Å²) in [6.45, 7) is 0.681. The molecule has 3 aromatic rings. The first-order valence-corrected chi connectivity index (χ1v) is 9.99. The first-order chi connectivity index (χ1) is 12.1. The molecule has 0 amide bonds. The van der Waals surface area contributed by atoms with Crippen molar-refractivity contribution in [2.75, 3.05) is 5.32 Å². The largest absolute Gasteiger partial charge is 0.363 e. The van der Waals surface area contributed by atoms with Crippen molar-refractivity contribution in [3.63, 3.8) is 0 Å². The molecule has 0 radical (unpaired) electrons. The molecule has 1 saturated carbocycles. The molecule has 1 aliphatic rings. The van der Waals surface area contributed by atoms with E-state index in [-0.39, 0.29) is 11.3 Å². The van der Waals surface area contributed by atoms with Gasteiger partial charge >= 0.3 is 0 Å². The summed E-state index contributed by atoms with van der Waals surface area (Å²) in [6.07, 6.45) is 4.40. The monoisotopic (exact) mass is 395 g/mol. The average molecular weight is 396 g/mol. The fraction of sp³-hybridized carbons (Fsp3) is 0.412. The maximum absolute atomic E-state index is 6.53. The second-order valence-corrected chi connectivity index (χ2v) is 8.29. The van der Waals surface area contributed by atoms with E-state index in [4.69, 9.17) is 28.9 Å². The van der Waals surface area contributed by atoms with Crippen molar-refractivity contribution < 1.29 is 0 Å². The number of halogens is 2. The van der Waals surface area contributed by atoms with E-state index in [0.717, 1.165) is 29.8 Å². The van der Waals surface area contributed by atoms with E-state index in [1.165, 1.54) is 17.7 Å². The molecule has 3 heterocycles. The first-order valence-electron chi connectivity index (χ1n) is 8.35. The number of anilines is 1. The molecule has 132 valence electrons. The van der Waals surface area contributed by atoms with E-state index in [9.17, 15) is 0 Å². The van der Waals surface area contributed by atoms with Crippen molar-refractivity contribution in [2.24, 2.45) is 11.7 Å². The lowest BCUT2D eigenvalue weighted by Gasteiger charge is -2.09. The molecule has 8 heteroatoms. The van der Waals surface area contributed by atoms with E-state index >= 15 is 0 Å². The molecule has 1 fully saturated rings. The summed E-state index contributed by atoms with van der Waals surface area (Å²) in [5.74, 6) is 1.47. The lowest BCUT2D eigenvalue weighted by Crippen LogP contribution is -2.23. The normalized spacial score (nSPS) is 15.6. The number of nitrogens with zero attached hydrogens (tertiary/aromatic N) is 3. The van der Waals surface area contributed by atoms with Crippen LogP contribution in [-0.4, -0.2) is 20.6 Å². The quantitative estimate of drug-likeness (QED) is 0.622. The van der Waals surface area contributed by atoms with Crippen LogP contribution >= 0.6 is 34.5 Å². The molecule has 3 aromatic heterocycles. The summed E-state index contributed by atoms with van der Waals surface area (Å²) in [6, 6.07) is 6.23. The summed E-state index contributed by atoms with van der Waals surface area (Å²) in [5.41, 5.74) is 8.09. The molecule has 1 unspecified atom stereocenters. The number of aromatic nitrogens is 3. The first kappa shape index (κ1) is 17.1. The molecule has 0 aromatic carbocycles. The van der Waals surface area contributed by atoms with Gasteiger partial charge in [-0.05, 0) is 53.4 Å². The van der Waals surface area contributed by atoms with Gasteiger partial charge in [-0.3, -0.25) is 0 Å². The van der Waals surface area contributed by atoms with Crippen LogP contribution in [0.3, 0.4) is 0 Å². The molecule has 4 rings (SSSR count). The van der Waals surface area contributed by atoms with E-state index in [2.05, 4.69) is 21.5 Å². The molecule has 3 N–H and O–H groups in total. The van der Waals surface area contributed by atoms with Crippen LogP contribution in [-0.2, 0) is 13.0 Å². The molecule has 0 bridgehead atoms. The van der Waals surface area contributed by atoms with Crippen LogP contribution in [0.25, 0.3) is 5.52 Å². The third-order valence-electron chi connectivity index (χ3n) is 4.44. The van der Waals surface area contributed by atoms with Gasteiger partial charge in [-0.1, -0.05) is 30.5 Å². The van der Waals surface area contributed by atoms with Crippen molar-refractivity contribution in [3.05, 3.63) is 44.5 Å². The molecule has 0 aliphatic heterocycles. The number of hydrogen-bond acceptors (Lipinski definition) is 5. The number of nitrogens with two attached hydrogens (primary N) is 1. The highest BCUT2D eigenvalue weighted by Gasteiger charge is 2.25. The molecule has 0 saturated heterocycles. The third kappa shape index (κ3) is 3.92. The SMILES string of the molecule is NC(Cc1cc2c(NCc3cccs3)nc(Cl)nn2c1Cl)CC1CC1. The van der Waals surface area contributed by atoms with Gasteiger partial charge in [0.1, 0.15) is 10.7 Å². The van der Waals surface area contributed by atoms with Crippen LogP contribution in [0.1, 0.15) is 29.7 Å². The smallest absolute Gasteiger partial charge is 0.243 e. The van der Waals surface area contributed by atoms with Gasteiger partial charge in [-0.15, -0.1) is 16.4 Å². The van der Waals surface area contributed by atoms with Crippen LogP contribution in [0.15, 0.2) is 23.6 Å². The molecule has 0 spiro atoms. The summed E-state index contributed by atoms with van der Waals surface area (Å²) in [5, 5.41) is 10.3. The van der Waals surface area contributed by atoms with Gasteiger partial charge in [0.25, 0.3) is 0 Å². The lowest BCUT2D eigenvalue weighted by atomic mass is 10.0. The zero-order valence-electron chi connectivity index (χ0n) is 13.6. The van der Waals surface area contributed by atoms with Crippen LogP contribution < -0.4 is 11.1 Å². The van der Waals surface area contributed by atoms with Gasteiger partial charge in [-0.2, -0.15) is 4.98 Å². The van der Waals surface area contributed by atoms with Crippen LogP contribution in [0, 0.1) is 5.92 Å². The highest BCUT2D eigenvalue weighted by molar-refractivity contribution is 7.09. The van der Waals surface area contributed by atoms with Crippen LogP contribution in [0.4, 0.5) is 5.82 Å². The minimum Gasteiger partial charge on any atom is -0.363 e. The molecule has 5 nitrogen and oxygen atoms in total. The minimum atomic E-state index is 0.119. The Morgan fingerprint density at radius 1 is 1.40 bits per heavy atom. The summed E-state index contributed by atoms with van der Waals surface area (Å²) < 4.78 is 1.65.